The third kappa shape index (κ3) is 2.02. The number of aromatic nitrogens is 4. The van der Waals surface area contributed by atoms with E-state index in [1.54, 1.807) is 18.6 Å². The highest BCUT2D eigenvalue weighted by atomic mass is 16.6. The summed E-state index contributed by atoms with van der Waals surface area (Å²) in [4.78, 5) is 16.7. The number of nitrogens with two attached hydrogens (primary N) is 1. The van der Waals surface area contributed by atoms with Crippen LogP contribution in [0.1, 0.15) is 0 Å². The summed E-state index contributed by atoms with van der Waals surface area (Å²) in [6.45, 7) is 0. The van der Waals surface area contributed by atoms with Crippen LogP contribution in [0.25, 0.3) is 28.1 Å². The predicted molar refractivity (Wildman–Crippen MR) is 83.5 cm³/mol. The lowest BCUT2D eigenvalue weighted by Gasteiger charge is -2.02. The molecule has 0 aliphatic rings. The fraction of sp³-hybridized carbons (Fsp3) is 0. The topological polar surface area (TPSA) is 81.8 Å². The summed E-state index contributed by atoms with van der Waals surface area (Å²) in [5.41, 5.74) is 3.64. The van der Waals surface area contributed by atoms with E-state index in [1.807, 2.05) is 47.2 Å². The number of fused-ring (bicyclic) bond motifs is 1. The summed E-state index contributed by atoms with van der Waals surface area (Å²) < 4.78 is 1.95. The summed E-state index contributed by atoms with van der Waals surface area (Å²) in [5, 5.41) is 0. The fourth-order valence-corrected chi connectivity index (χ4v) is 2.44. The number of benzene rings is 2. The van der Waals surface area contributed by atoms with Crippen molar-refractivity contribution < 1.29 is 4.84 Å². The molecule has 3 N–H and O–H groups in total. The van der Waals surface area contributed by atoms with Crippen molar-refractivity contribution >= 4 is 11.0 Å². The maximum absolute atomic E-state index is 5.28. The zero-order valence-electron chi connectivity index (χ0n) is 11.6. The Balaban J connectivity index is 1.75. The second-order valence-electron chi connectivity index (χ2n) is 4.87. The van der Waals surface area contributed by atoms with Gasteiger partial charge in [-0.15, -0.1) is 0 Å². The van der Waals surface area contributed by atoms with Crippen LogP contribution >= 0.6 is 0 Å². The normalized spacial score (nSPS) is 11.0. The zero-order chi connectivity index (χ0) is 14.9. The molecule has 4 aromatic rings. The number of hydrogen-bond acceptors (Lipinski definition) is 4. The molecule has 0 spiro atoms. The zero-order valence-corrected chi connectivity index (χ0v) is 11.6. The first-order valence-corrected chi connectivity index (χ1v) is 6.79. The van der Waals surface area contributed by atoms with Crippen molar-refractivity contribution in [3.63, 3.8) is 0 Å². The number of H-pyrrole nitrogens is 1. The van der Waals surface area contributed by atoms with Crippen LogP contribution in [0.5, 0.6) is 5.75 Å². The number of rotatable bonds is 3. The third-order valence-electron chi connectivity index (χ3n) is 3.55. The molecule has 108 valence electrons. The summed E-state index contributed by atoms with van der Waals surface area (Å²) in [5.74, 6) is 6.60. The molecular formula is C16H13N5O. The number of hydrogen-bond donors (Lipinski definition) is 2. The molecule has 0 saturated carbocycles. The van der Waals surface area contributed by atoms with Crippen molar-refractivity contribution in [3.05, 3.63) is 61.2 Å². The van der Waals surface area contributed by atoms with Crippen LogP contribution in [0.15, 0.2) is 61.2 Å². The van der Waals surface area contributed by atoms with Gasteiger partial charge in [-0.2, -0.15) is 5.90 Å². The molecule has 2 heterocycles. The number of para-hydroxylation sites is 1. The molecule has 2 aromatic carbocycles. The maximum atomic E-state index is 5.28. The maximum Gasteiger partial charge on any atom is 0.174 e. The summed E-state index contributed by atoms with van der Waals surface area (Å²) >= 11 is 0. The van der Waals surface area contributed by atoms with Gasteiger partial charge in [-0.05, 0) is 36.4 Å². The minimum absolute atomic E-state index is 0.551. The first-order chi connectivity index (χ1) is 10.8. The molecule has 6 nitrogen and oxygen atoms in total. The van der Waals surface area contributed by atoms with Gasteiger partial charge in [0, 0.05) is 23.6 Å². The van der Waals surface area contributed by atoms with Gasteiger partial charge in [0.2, 0.25) is 0 Å². The number of aromatic amines is 1. The van der Waals surface area contributed by atoms with Crippen LogP contribution in [-0.4, -0.2) is 19.5 Å². The van der Waals surface area contributed by atoms with E-state index in [2.05, 4.69) is 15.0 Å². The van der Waals surface area contributed by atoms with E-state index in [1.165, 1.54) is 0 Å². The average Bonchev–Trinajstić information content (AvgIpc) is 3.24. The van der Waals surface area contributed by atoms with Crippen molar-refractivity contribution in [3.8, 4) is 22.8 Å². The second kappa shape index (κ2) is 5.01. The van der Waals surface area contributed by atoms with Crippen molar-refractivity contribution in [2.75, 3.05) is 0 Å². The van der Waals surface area contributed by atoms with Gasteiger partial charge in [0.25, 0.3) is 0 Å². The quantitative estimate of drug-likeness (QED) is 0.569. The number of nitrogens with one attached hydrogen (secondary N) is 1. The van der Waals surface area contributed by atoms with Gasteiger partial charge in [-0.25, -0.2) is 9.97 Å². The minimum atomic E-state index is 0.551. The van der Waals surface area contributed by atoms with Crippen LogP contribution in [-0.2, 0) is 0 Å². The first kappa shape index (κ1) is 12.6. The average molecular weight is 291 g/mol. The molecule has 0 saturated heterocycles. The van der Waals surface area contributed by atoms with E-state index in [4.69, 9.17) is 10.7 Å². The summed E-state index contributed by atoms with van der Waals surface area (Å²) in [7, 11) is 0. The molecule has 22 heavy (non-hydrogen) atoms. The van der Waals surface area contributed by atoms with Gasteiger partial charge in [-0.3, -0.25) is 0 Å². The van der Waals surface area contributed by atoms with Gasteiger partial charge < -0.3 is 14.4 Å². The Labute approximate surface area is 126 Å². The van der Waals surface area contributed by atoms with Gasteiger partial charge >= 0.3 is 0 Å². The van der Waals surface area contributed by atoms with Gasteiger partial charge in [0.05, 0.1) is 11.8 Å². The minimum Gasteiger partial charge on any atom is -0.409 e. The third-order valence-corrected chi connectivity index (χ3v) is 3.55. The van der Waals surface area contributed by atoms with Crippen molar-refractivity contribution in [1.29, 1.82) is 0 Å². The summed E-state index contributed by atoms with van der Waals surface area (Å²) in [6, 6.07) is 13.7. The van der Waals surface area contributed by atoms with Crippen LogP contribution in [0.3, 0.4) is 0 Å². The number of imidazole rings is 2. The highest BCUT2D eigenvalue weighted by Gasteiger charge is 2.09. The Hall–Kier alpha value is -3.12. The molecule has 0 aliphatic carbocycles. The molecule has 0 atom stereocenters. The van der Waals surface area contributed by atoms with E-state index < -0.39 is 0 Å². The molecule has 0 fully saturated rings. The monoisotopic (exact) mass is 291 g/mol. The molecule has 0 amide bonds. The second-order valence-corrected chi connectivity index (χ2v) is 4.87. The van der Waals surface area contributed by atoms with E-state index in [0.717, 1.165) is 28.1 Å². The molecular weight excluding hydrogens is 278 g/mol. The van der Waals surface area contributed by atoms with Gasteiger partial charge in [0.1, 0.15) is 11.3 Å². The molecule has 6 heteroatoms. The lowest BCUT2D eigenvalue weighted by Crippen LogP contribution is -2.01. The highest BCUT2D eigenvalue weighted by Crippen LogP contribution is 2.27. The fourth-order valence-electron chi connectivity index (χ4n) is 2.44. The number of nitrogens with zero attached hydrogens (tertiary/aromatic N) is 3. The standard InChI is InChI=1S/C16H13N5O/c17-22-14-3-1-2-13-15(14)20-16(19-13)11-4-6-12(7-5-11)21-9-8-18-10-21/h1-10H,17H2,(H,19,20). The SMILES string of the molecule is NOc1cccc2[nH]c(-c3ccc(-n4ccnc4)cc3)nc12. The predicted octanol–water partition coefficient (Wildman–Crippen LogP) is 2.67. The lowest BCUT2D eigenvalue weighted by molar-refractivity contribution is 0.338. The molecule has 0 radical (unpaired) electrons. The first-order valence-electron chi connectivity index (χ1n) is 6.79. The lowest BCUT2D eigenvalue weighted by atomic mass is 10.2. The van der Waals surface area contributed by atoms with Crippen molar-refractivity contribution in [2.45, 2.75) is 0 Å². The molecule has 0 bridgehead atoms. The summed E-state index contributed by atoms with van der Waals surface area (Å²) in [6.07, 6.45) is 5.42. The Morgan fingerprint density at radius 1 is 1.09 bits per heavy atom. The van der Waals surface area contributed by atoms with Crippen LogP contribution < -0.4 is 10.7 Å². The Morgan fingerprint density at radius 3 is 2.68 bits per heavy atom. The molecule has 0 aliphatic heterocycles. The highest BCUT2D eigenvalue weighted by molar-refractivity contribution is 5.84. The van der Waals surface area contributed by atoms with Gasteiger partial charge in [0.15, 0.2) is 5.75 Å². The molecule has 4 rings (SSSR count). The van der Waals surface area contributed by atoms with Crippen LogP contribution in [0, 0.1) is 0 Å². The Morgan fingerprint density at radius 2 is 1.95 bits per heavy atom. The molecule has 2 aromatic heterocycles. The van der Waals surface area contributed by atoms with E-state index in [-0.39, 0.29) is 0 Å². The van der Waals surface area contributed by atoms with Crippen LogP contribution in [0.4, 0.5) is 0 Å². The molecule has 0 unspecified atom stereocenters. The van der Waals surface area contributed by atoms with E-state index in [0.29, 0.717) is 5.75 Å². The Bertz CT molecular complexity index is 910. The smallest absolute Gasteiger partial charge is 0.174 e. The van der Waals surface area contributed by atoms with E-state index in [9.17, 15) is 0 Å². The largest absolute Gasteiger partial charge is 0.409 e. The van der Waals surface area contributed by atoms with Crippen LogP contribution in [0.2, 0.25) is 0 Å². The van der Waals surface area contributed by atoms with Crippen molar-refractivity contribution in [1.82, 2.24) is 19.5 Å². The van der Waals surface area contributed by atoms with E-state index >= 15 is 0 Å². The van der Waals surface area contributed by atoms with Gasteiger partial charge in [-0.1, -0.05) is 6.07 Å². The van der Waals surface area contributed by atoms with Crippen molar-refractivity contribution in [2.24, 2.45) is 5.90 Å². The Kier molecular flexibility index (Phi) is 2.87.